The number of hydrogen-bond acceptors (Lipinski definition) is 8. The number of aromatic nitrogens is 1. The lowest BCUT2D eigenvalue weighted by Crippen LogP contribution is -2.13. The molecule has 0 amide bonds. The number of rotatable bonds is 8. The second-order valence-corrected chi connectivity index (χ2v) is 5.56. The third-order valence-electron chi connectivity index (χ3n) is 3.72. The van der Waals surface area contributed by atoms with Crippen LogP contribution in [0.25, 0.3) is 11.1 Å². The van der Waals surface area contributed by atoms with Gasteiger partial charge in [-0.3, -0.25) is 10.1 Å². The first-order valence-electron chi connectivity index (χ1n) is 8.11. The molecule has 0 atom stereocenters. The molecule has 3 aromatic rings. The number of oxazole rings is 1. The molecule has 1 N–H and O–H groups in total. The molecule has 140 valence electrons. The third-order valence-corrected chi connectivity index (χ3v) is 3.72. The Morgan fingerprint density at radius 2 is 2.11 bits per heavy atom. The number of nitrogens with one attached hydrogen (secondary N) is 1. The Morgan fingerprint density at radius 1 is 1.30 bits per heavy atom. The topological polar surface area (TPSA) is 117 Å². The van der Waals surface area contributed by atoms with E-state index in [2.05, 4.69) is 10.3 Å². The molecule has 0 aliphatic heterocycles. The third kappa shape index (κ3) is 4.39. The lowest BCUT2D eigenvalue weighted by molar-refractivity contribution is -0.384. The van der Waals surface area contributed by atoms with E-state index in [-0.39, 0.29) is 23.7 Å². The van der Waals surface area contributed by atoms with Crippen molar-refractivity contribution in [2.75, 3.05) is 25.6 Å². The molecule has 0 bridgehead atoms. The van der Waals surface area contributed by atoms with Crippen LogP contribution >= 0.6 is 0 Å². The zero-order valence-electron chi connectivity index (χ0n) is 14.5. The first-order chi connectivity index (χ1) is 13.1. The number of hydrogen-bond donors (Lipinski definition) is 1. The van der Waals surface area contributed by atoms with Gasteiger partial charge in [0.15, 0.2) is 12.2 Å². The Morgan fingerprint density at radius 3 is 2.85 bits per heavy atom. The van der Waals surface area contributed by atoms with Crippen LogP contribution in [0.2, 0.25) is 0 Å². The molecule has 9 nitrogen and oxygen atoms in total. The van der Waals surface area contributed by atoms with Gasteiger partial charge in [-0.15, -0.1) is 0 Å². The van der Waals surface area contributed by atoms with Gasteiger partial charge in [-0.25, -0.2) is 9.78 Å². The number of nitrogens with zero attached hydrogens (tertiary/aromatic N) is 2. The second kappa shape index (κ2) is 8.28. The molecule has 0 aliphatic rings. The van der Waals surface area contributed by atoms with E-state index in [4.69, 9.17) is 13.9 Å². The summed E-state index contributed by atoms with van der Waals surface area (Å²) in [6.07, 6.45) is 0. The number of non-ortho nitro benzene ring substituents is 1. The van der Waals surface area contributed by atoms with Crippen LogP contribution in [0.3, 0.4) is 0 Å². The van der Waals surface area contributed by atoms with Gasteiger partial charge in [0.05, 0.1) is 17.1 Å². The van der Waals surface area contributed by atoms with E-state index in [1.807, 2.05) is 12.1 Å². The number of carbonyl (C=O) groups excluding carboxylic acids is 1. The molecule has 1 heterocycles. The molecule has 3 rings (SSSR count). The highest BCUT2D eigenvalue weighted by Gasteiger charge is 2.19. The number of nitro groups is 1. The van der Waals surface area contributed by atoms with Crippen molar-refractivity contribution >= 4 is 28.4 Å². The normalized spacial score (nSPS) is 10.7. The lowest BCUT2D eigenvalue weighted by Gasteiger charge is -2.11. The Kier molecular flexibility index (Phi) is 5.62. The van der Waals surface area contributed by atoms with Gasteiger partial charge in [-0.05, 0) is 18.2 Å². The van der Waals surface area contributed by atoms with Crippen LogP contribution in [0.4, 0.5) is 11.4 Å². The summed E-state index contributed by atoms with van der Waals surface area (Å²) in [5.74, 6) is -0.482. The zero-order valence-corrected chi connectivity index (χ0v) is 14.5. The maximum Gasteiger partial charge on any atom is 0.341 e. The van der Waals surface area contributed by atoms with Crippen molar-refractivity contribution < 1.29 is 23.6 Å². The summed E-state index contributed by atoms with van der Waals surface area (Å²) in [6.45, 7) is 0.655. The number of para-hydroxylation sites is 2. The van der Waals surface area contributed by atoms with Crippen LogP contribution in [0.1, 0.15) is 16.2 Å². The fraction of sp³-hybridized carbons (Fsp3) is 0.222. The molecule has 0 fully saturated rings. The number of ether oxygens (including phenoxy) is 2. The fourth-order valence-corrected chi connectivity index (χ4v) is 2.44. The van der Waals surface area contributed by atoms with Crippen LogP contribution in [0.15, 0.2) is 46.9 Å². The molecule has 0 unspecified atom stereocenters. The monoisotopic (exact) mass is 371 g/mol. The highest BCUT2D eigenvalue weighted by atomic mass is 16.6. The van der Waals surface area contributed by atoms with Crippen LogP contribution in [-0.2, 0) is 16.1 Å². The van der Waals surface area contributed by atoms with Crippen molar-refractivity contribution in [3.63, 3.8) is 0 Å². The molecule has 0 saturated carbocycles. The van der Waals surface area contributed by atoms with Gasteiger partial charge in [-0.1, -0.05) is 12.1 Å². The summed E-state index contributed by atoms with van der Waals surface area (Å²) in [4.78, 5) is 27.1. The average molecular weight is 371 g/mol. The summed E-state index contributed by atoms with van der Waals surface area (Å²) in [6, 6.07) is 11.1. The number of nitro benzene ring substituents is 1. The Labute approximate surface area is 154 Å². The molecule has 0 radical (unpaired) electrons. The van der Waals surface area contributed by atoms with E-state index in [0.29, 0.717) is 29.9 Å². The average Bonchev–Trinajstić information content (AvgIpc) is 3.09. The van der Waals surface area contributed by atoms with Gasteiger partial charge in [-0.2, -0.15) is 0 Å². The standard InChI is InChI=1S/C18H17N3O6/c1-25-9-8-19-14-7-6-12(21(23)24)10-13(14)18(22)26-11-17-20-15-4-2-3-5-16(15)27-17/h2-7,10,19H,8-9,11H2,1H3. The van der Waals surface area contributed by atoms with E-state index in [1.165, 1.54) is 18.2 Å². The second-order valence-electron chi connectivity index (χ2n) is 5.56. The van der Waals surface area contributed by atoms with Gasteiger partial charge < -0.3 is 19.2 Å². The summed E-state index contributed by atoms with van der Waals surface area (Å²) in [5, 5.41) is 14.0. The minimum atomic E-state index is -0.721. The first kappa shape index (κ1) is 18.3. The number of anilines is 1. The molecule has 1 aromatic heterocycles. The van der Waals surface area contributed by atoms with Crippen LogP contribution in [0.5, 0.6) is 0 Å². The highest BCUT2D eigenvalue weighted by molar-refractivity contribution is 5.96. The predicted octanol–water partition coefficient (Wildman–Crippen LogP) is 3.15. The summed E-state index contributed by atoms with van der Waals surface area (Å²) >= 11 is 0. The van der Waals surface area contributed by atoms with Crippen molar-refractivity contribution in [2.24, 2.45) is 0 Å². The van der Waals surface area contributed by atoms with Gasteiger partial charge in [0.2, 0.25) is 5.89 Å². The van der Waals surface area contributed by atoms with Gasteiger partial charge in [0, 0.05) is 31.5 Å². The van der Waals surface area contributed by atoms with E-state index in [9.17, 15) is 14.9 Å². The number of methoxy groups -OCH3 is 1. The quantitative estimate of drug-likeness (QED) is 0.278. The van der Waals surface area contributed by atoms with E-state index in [1.54, 1.807) is 19.2 Å². The molecular weight excluding hydrogens is 354 g/mol. The van der Waals surface area contributed by atoms with Crippen molar-refractivity contribution in [2.45, 2.75) is 6.61 Å². The minimum absolute atomic E-state index is 0.0522. The van der Waals surface area contributed by atoms with Crippen molar-refractivity contribution in [3.8, 4) is 0 Å². The van der Waals surface area contributed by atoms with Gasteiger partial charge in [0.25, 0.3) is 5.69 Å². The van der Waals surface area contributed by atoms with E-state index >= 15 is 0 Å². The van der Waals surface area contributed by atoms with Crippen molar-refractivity contribution in [1.82, 2.24) is 4.98 Å². The van der Waals surface area contributed by atoms with Crippen LogP contribution in [0, 0.1) is 10.1 Å². The molecular formula is C18H17N3O6. The highest BCUT2D eigenvalue weighted by Crippen LogP contribution is 2.24. The van der Waals surface area contributed by atoms with Crippen LogP contribution in [-0.4, -0.2) is 36.1 Å². The molecule has 0 saturated heterocycles. The van der Waals surface area contributed by atoms with Crippen molar-refractivity contribution in [3.05, 3.63) is 64.0 Å². The molecule has 27 heavy (non-hydrogen) atoms. The Bertz CT molecular complexity index is 936. The summed E-state index contributed by atoms with van der Waals surface area (Å²) in [7, 11) is 1.55. The van der Waals surface area contributed by atoms with Gasteiger partial charge >= 0.3 is 5.97 Å². The number of esters is 1. The zero-order chi connectivity index (χ0) is 19.2. The predicted molar refractivity (Wildman–Crippen MR) is 96.6 cm³/mol. The number of benzene rings is 2. The minimum Gasteiger partial charge on any atom is -0.452 e. The van der Waals surface area contributed by atoms with E-state index in [0.717, 1.165) is 0 Å². The molecule has 9 heteroatoms. The number of carbonyl (C=O) groups is 1. The number of fused-ring (bicyclic) bond motifs is 1. The Balaban J connectivity index is 1.76. The van der Waals surface area contributed by atoms with Crippen LogP contribution < -0.4 is 5.32 Å². The maximum atomic E-state index is 12.5. The van der Waals surface area contributed by atoms with E-state index < -0.39 is 10.9 Å². The van der Waals surface area contributed by atoms with Gasteiger partial charge in [0.1, 0.15) is 5.52 Å². The maximum absolute atomic E-state index is 12.5. The largest absolute Gasteiger partial charge is 0.452 e. The van der Waals surface area contributed by atoms with Crippen molar-refractivity contribution in [1.29, 1.82) is 0 Å². The fourth-order valence-electron chi connectivity index (χ4n) is 2.44. The molecule has 0 spiro atoms. The first-order valence-corrected chi connectivity index (χ1v) is 8.11. The SMILES string of the molecule is COCCNc1ccc([N+](=O)[O-])cc1C(=O)OCc1nc2ccccc2o1. The molecule has 2 aromatic carbocycles. The summed E-state index contributed by atoms with van der Waals surface area (Å²) < 4.78 is 15.7. The summed E-state index contributed by atoms with van der Waals surface area (Å²) in [5.41, 5.74) is 1.50. The molecule has 0 aliphatic carbocycles. The lowest BCUT2D eigenvalue weighted by atomic mass is 10.1. The smallest absolute Gasteiger partial charge is 0.341 e. The Hall–Kier alpha value is -3.46.